The molecule has 12 heteroatoms. The fraction of sp³-hybridized carbons (Fsp3) is 1.00. The van der Waals surface area contributed by atoms with Crippen molar-refractivity contribution < 1.29 is 183 Å². The monoisotopic (exact) mass is 360 g/mol. The molecule has 0 spiro atoms. The number of hydrogen-bond acceptors (Lipinski definition) is 7. The van der Waals surface area contributed by atoms with E-state index in [1.165, 1.54) is 0 Å². The summed E-state index contributed by atoms with van der Waals surface area (Å²) in [5.41, 5.74) is 0. The summed E-state index contributed by atoms with van der Waals surface area (Å²) in [6, 6.07) is 0. The summed E-state index contributed by atoms with van der Waals surface area (Å²) in [7, 11) is -9.62. The first-order valence-corrected chi connectivity index (χ1v) is 7.34. The van der Waals surface area contributed by atoms with Crippen LogP contribution in [0.15, 0.2) is 0 Å². The minimum Gasteiger partial charge on any atom is -0.810 e. The zero-order chi connectivity index (χ0) is 11.4. The van der Waals surface area contributed by atoms with Gasteiger partial charge in [0.05, 0.1) is 0 Å². The standard InChI is InChI=1S/C5H15NO6P2.3K/c1-2-3-6(4-13(7,8)9)5-14(10,11)12;;;/h2-5H2,1H3,(H2,7,8,9)(H2,10,11,12);;;/q;3*+1/p-4. The van der Waals surface area contributed by atoms with Gasteiger partial charge >= 0.3 is 154 Å². The van der Waals surface area contributed by atoms with Crippen molar-refractivity contribution in [2.75, 3.05) is 19.1 Å². The van der Waals surface area contributed by atoms with Crippen molar-refractivity contribution in [1.82, 2.24) is 4.90 Å². The molecule has 0 bridgehead atoms. The Morgan fingerprint density at radius 3 is 1.35 bits per heavy atom. The summed E-state index contributed by atoms with van der Waals surface area (Å²) in [5, 5.41) is 0. The SMILES string of the molecule is CCCN(CP(=O)([O-])[O-])CP(=O)([O-])[O-].[K+].[K+].[K+]. The fourth-order valence-corrected chi connectivity index (χ4v) is 2.61. The molecule has 86 valence electrons. The van der Waals surface area contributed by atoms with Crippen molar-refractivity contribution >= 4 is 15.2 Å². The maximum atomic E-state index is 10.3. The van der Waals surface area contributed by atoms with Crippen LogP contribution in [0.25, 0.3) is 0 Å². The average Bonchev–Trinajstić information content (AvgIpc) is 1.78. The second kappa shape index (κ2) is 14.7. The van der Waals surface area contributed by atoms with Crippen molar-refractivity contribution in [3.63, 3.8) is 0 Å². The van der Waals surface area contributed by atoms with Gasteiger partial charge in [-0.3, -0.25) is 4.90 Å². The molecule has 0 N–H and O–H groups in total. The maximum Gasteiger partial charge on any atom is 1.00 e. The molecular formula is C5H11K3NO6P2-. The Morgan fingerprint density at radius 1 is 0.882 bits per heavy atom. The number of hydrogen-bond donors (Lipinski definition) is 0. The molecule has 0 atom stereocenters. The van der Waals surface area contributed by atoms with Crippen LogP contribution in [0.2, 0.25) is 0 Å². The van der Waals surface area contributed by atoms with Gasteiger partial charge in [-0.2, -0.15) is 0 Å². The van der Waals surface area contributed by atoms with Crippen LogP contribution in [0.1, 0.15) is 13.3 Å². The number of rotatable bonds is 6. The van der Waals surface area contributed by atoms with E-state index in [-0.39, 0.29) is 161 Å². The van der Waals surface area contributed by atoms with E-state index in [0.29, 0.717) is 6.42 Å². The van der Waals surface area contributed by atoms with E-state index in [0.717, 1.165) is 4.90 Å². The zero-order valence-electron chi connectivity index (χ0n) is 10.6. The third-order valence-electron chi connectivity index (χ3n) is 1.29. The van der Waals surface area contributed by atoms with Gasteiger partial charge in [-0.05, 0) is 13.0 Å². The van der Waals surface area contributed by atoms with Gasteiger partial charge in [-0.25, -0.2) is 0 Å². The molecule has 0 aliphatic heterocycles. The van der Waals surface area contributed by atoms with E-state index in [1.807, 2.05) is 0 Å². The molecule has 0 unspecified atom stereocenters. The Kier molecular flexibility index (Phi) is 26.1. The van der Waals surface area contributed by atoms with Gasteiger partial charge in [0.1, 0.15) is 0 Å². The normalized spacial score (nSPS) is 11.2. The summed E-state index contributed by atoms with van der Waals surface area (Å²) in [4.78, 5) is 42.2. The molecule has 0 saturated heterocycles. The molecule has 0 saturated carbocycles. The largest absolute Gasteiger partial charge is 1.00 e. The quantitative estimate of drug-likeness (QED) is 0.340. The van der Waals surface area contributed by atoms with Gasteiger partial charge in [0, 0.05) is 12.6 Å². The van der Waals surface area contributed by atoms with Crippen LogP contribution < -0.4 is 174 Å². The van der Waals surface area contributed by atoms with Crippen molar-refractivity contribution in [3.05, 3.63) is 0 Å². The third-order valence-corrected chi connectivity index (χ3v) is 2.78. The third kappa shape index (κ3) is 23.6. The van der Waals surface area contributed by atoms with Crippen LogP contribution in [0.5, 0.6) is 0 Å². The molecule has 0 heterocycles. The van der Waals surface area contributed by atoms with Gasteiger partial charge in [0.15, 0.2) is 0 Å². The molecule has 0 aromatic rings. The zero-order valence-corrected chi connectivity index (χ0v) is 21.8. The predicted molar refractivity (Wildman–Crippen MR) is 41.9 cm³/mol. The van der Waals surface area contributed by atoms with Gasteiger partial charge in [0.25, 0.3) is 0 Å². The van der Waals surface area contributed by atoms with E-state index >= 15 is 0 Å². The van der Waals surface area contributed by atoms with Crippen molar-refractivity contribution in [2.45, 2.75) is 13.3 Å². The van der Waals surface area contributed by atoms with E-state index in [2.05, 4.69) is 0 Å². The minimum absolute atomic E-state index is 0. The van der Waals surface area contributed by atoms with Gasteiger partial charge in [-0.1, -0.05) is 22.1 Å². The van der Waals surface area contributed by atoms with Gasteiger partial charge < -0.3 is 28.7 Å². The van der Waals surface area contributed by atoms with E-state index in [4.69, 9.17) is 0 Å². The summed E-state index contributed by atoms with van der Waals surface area (Å²) >= 11 is 0. The Bertz CT molecular complexity index is 244. The summed E-state index contributed by atoms with van der Waals surface area (Å²) in [6.45, 7) is 1.76. The molecule has 0 fully saturated rings. The molecule has 17 heavy (non-hydrogen) atoms. The minimum atomic E-state index is -4.81. The Balaban J connectivity index is -0.000000282. The van der Waals surface area contributed by atoms with Gasteiger partial charge in [0.2, 0.25) is 0 Å². The first kappa shape index (κ1) is 30.1. The summed E-state index contributed by atoms with van der Waals surface area (Å²) in [5.74, 6) is 0. The van der Waals surface area contributed by atoms with Crippen LogP contribution in [0, 0.1) is 0 Å². The van der Waals surface area contributed by atoms with E-state index in [9.17, 15) is 28.7 Å². The van der Waals surface area contributed by atoms with Crippen LogP contribution in [-0.4, -0.2) is 24.0 Å². The topological polar surface area (TPSA) is 130 Å². The molecule has 0 aromatic heterocycles. The maximum absolute atomic E-state index is 10.3. The van der Waals surface area contributed by atoms with Crippen LogP contribution in [-0.2, 0) is 9.13 Å². The van der Waals surface area contributed by atoms with E-state index < -0.39 is 27.8 Å². The summed E-state index contributed by atoms with van der Waals surface area (Å²) in [6.07, 6.45) is -1.38. The molecule has 0 aromatic carbocycles. The molecule has 0 aliphatic rings. The molecule has 0 rings (SSSR count). The second-order valence-corrected chi connectivity index (χ2v) is 5.91. The van der Waals surface area contributed by atoms with E-state index in [1.54, 1.807) is 6.92 Å². The first-order valence-electron chi connectivity index (χ1n) is 3.88. The molecule has 0 radical (unpaired) electrons. The summed E-state index contributed by atoms with van der Waals surface area (Å²) < 4.78 is 20.7. The Labute approximate surface area is 229 Å². The smallest absolute Gasteiger partial charge is 0.810 e. The molecule has 0 amide bonds. The fourth-order valence-electron chi connectivity index (χ4n) is 0.992. The van der Waals surface area contributed by atoms with Crippen molar-refractivity contribution in [1.29, 1.82) is 0 Å². The van der Waals surface area contributed by atoms with Crippen LogP contribution in [0.4, 0.5) is 0 Å². The Morgan fingerprint density at radius 2 is 1.18 bits per heavy atom. The van der Waals surface area contributed by atoms with Crippen LogP contribution in [0.3, 0.4) is 0 Å². The van der Waals surface area contributed by atoms with Gasteiger partial charge in [-0.15, -0.1) is 0 Å². The second-order valence-electron chi connectivity index (χ2n) is 2.90. The Hall–Kier alpha value is 5.17. The van der Waals surface area contributed by atoms with Crippen molar-refractivity contribution in [2.24, 2.45) is 0 Å². The predicted octanol–water partition coefficient (Wildman–Crippen LogP) is -11.5. The molecule has 0 aliphatic carbocycles. The van der Waals surface area contributed by atoms with Crippen LogP contribution >= 0.6 is 15.2 Å². The average molecular weight is 360 g/mol. The molecular weight excluding hydrogens is 349 g/mol. The van der Waals surface area contributed by atoms with Crippen molar-refractivity contribution in [3.8, 4) is 0 Å². The first-order chi connectivity index (χ1) is 6.14. The molecule has 7 nitrogen and oxygen atoms in total. The number of nitrogens with zero attached hydrogens (tertiary/aromatic N) is 1.